The predicted octanol–water partition coefficient (Wildman–Crippen LogP) is 4.32. The third kappa shape index (κ3) is 6.88. The summed E-state index contributed by atoms with van der Waals surface area (Å²) in [6.07, 6.45) is 1.54. The van der Waals surface area contributed by atoms with E-state index < -0.39 is 23.7 Å². The topological polar surface area (TPSA) is 111 Å². The van der Waals surface area contributed by atoms with Crippen molar-refractivity contribution < 1.29 is 33.4 Å². The van der Waals surface area contributed by atoms with E-state index in [1.165, 1.54) is 6.08 Å². The van der Waals surface area contributed by atoms with Crippen LogP contribution in [0.25, 0.3) is 6.08 Å². The van der Waals surface area contributed by atoms with Crippen molar-refractivity contribution in [3.8, 4) is 11.5 Å². The maximum Gasteiger partial charge on any atom is 0.326 e. The summed E-state index contributed by atoms with van der Waals surface area (Å²) >= 11 is 0.743. The Bertz CT molecular complexity index is 1210. The summed E-state index contributed by atoms with van der Waals surface area (Å²) in [5, 5.41) is 2.30. The van der Waals surface area contributed by atoms with Gasteiger partial charge in [0.1, 0.15) is 6.54 Å². The summed E-state index contributed by atoms with van der Waals surface area (Å²) in [6, 6.07) is 10.8. The number of benzene rings is 2. The van der Waals surface area contributed by atoms with Gasteiger partial charge in [-0.2, -0.15) is 0 Å². The predicted molar refractivity (Wildman–Crippen MR) is 137 cm³/mol. The van der Waals surface area contributed by atoms with Gasteiger partial charge in [0.25, 0.3) is 17.1 Å². The third-order valence-corrected chi connectivity index (χ3v) is 5.96. The number of rotatable bonds is 10. The van der Waals surface area contributed by atoms with Crippen LogP contribution in [0.4, 0.5) is 10.5 Å². The fourth-order valence-corrected chi connectivity index (χ4v) is 4.16. The van der Waals surface area contributed by atoms with Gasteiger partial charge in [0.05, 0.1) is 18.1 Å². The molecule has 0 atom stereocenters. The van der Waals surface area contributed by atoms with Crippen LogP contribution in [-0.4, -0.2) is 54.3 Å². The van der Waals surface area contributed by atoms with E-state index in [1.807, 2.05) is 39.0 Å². The normalized spacial score (nSPS) is 14.2. The smallest absolute Gasteiger partial charge is 0.326 e. The van der Waals surface area contributed by atoms with E-state index in [4.69, 9.17) is 14.2 Å². The van der Waals surface area contributed by atoms with E-state index in [0.717, 1.165) is 33.5 Å². The number of imide groups is 1. The molecule has 1 saturated heterocycles. The van der Waals surface area contributed by atoms with E-state index in [-0.39, 0.29) is 24.0 Å². The minimum atomic E-state index is -0.650. The van der Waals surface area contributed by atoms with Gasteiger partial charge in [-0.3, -0.25) is 24.1 Å². The molecular weight excluding hydrogens is 484 g/mol. The molecule has 1 aliphatic rings. The van der Waals surface area contributed by atoms with Crippen molar-refractivity contribution in [2.75, 3.05) is 31.7 Å². The van der Waals surface area contributed by atoms with Crippen LogP contribution in [-0.2, 0) is 19.1 Å². The Morgan fingerprint density at radius 1 is 1.00 bits per heavy atom. The number of aryl methyl sites for hydroxylation is 2. The number of carbonyl (C=O) groups excluding carboxylic acids is 4. The Morgan fingerprint density at radius 3 is 2.50 bits per heavy atom. The van der Waals surface area contributed by atoms with Crippen LogP contribution in [0.2, 0.25) is 0 Å². The minimum Gasteiger partial charge on any atom is -0.490 e. The van der Waals surface area contributed by atoms with Gasteiger partial charge in [-0.15, -0.1) is 0 Å². The highest BCUT2D eigenvalue weighted by atomic mass is 32.2. The van der Waals surface area contributed by atoms with Gasteiger partial charge in [-0.25, -0.2) is 0 Å². The fraction of sp³-hybridized carbons (Fsp3) is 0.308. The molecule has 0 aliphatic carbocycles. The summed E-state index contributed by atoms with van der Waals surface area (Å²) in [5.41, 5.74) is 3.29. The van der Waals surface area contributed by atoms with E-state index in [9.17, 15) is 19.2 Å². The molecule has 1 N–H and O–H groups in total. The van der Waals surface area contributed by atoms with Crippen LogP contribution in [0.15, 0.2) is 41.3 Å². The molecule has 0 saturated carbocycles. The largest absolute Gasteiger partial charge is 0.490 e. The average molecular weight is 513 g/mol. The first-order valence-electron chi connectivity index (χ1n) is 11.4. The van der Waals surface area contributed by atoms with Crippen LogP contribution < -0.4 is 14.8 Å². The third-order valence-electron chi connectivity index (χ3n) is 5.06. The van der Waals surface area contributed by atoms with Gasteiger partial charge in [0.15, 0.2) is 18.1 Å². The summed E-state index contributed by atoms with van der Waals surface area (Å²) in [5.74, 6) is -0.787. The van der Waals surface area contributed by atoms with Gasteiger partial charge in [0, 0.05) is 5.69 Å². The molecule has 0 bridgehead atoms. The Morgan fingerprint density at radius 2 is 1.78 bits per heavy atom. The summed E-state index contributed by atoms with van der Waals surface area (Å²) in [4.78, 5) is 50.0. The highest BCUT2D eigenvalue weighted by Gasteiger charge is 2.36. The molecule has 1 fully saturated rings. The number of amides is 3. The number of carbonyl (C=O) groups is 4. The lowest BCUT2D eigenvalue weighted by molar-refractivity contribution is -0.146. The Labute approximate surface area is 213 Å². The number of anilines is 1. The van der Waals surface area contributed by atoms with Crippen molar-refractivity contribution in [2.24, 2.45) is 0 Å². The molecule has 3 rings (SSSR count). The van der Waals surface area contributed by atoms with Crippen LogP contribution >= 0.6 is 11.8 Å². The number of hydrogen-bond acceptors (Lipinski definition) is 8. The number of thioether (sulfide) groups is 1. The first-order chi connectivity index (χ1) is 17.2. The van der Waals surface area contributed by atoms with Gasteiger partial charge in [-0.1, -0.05) is 18.2 Å². The fourth-order valence-electron chi connectivity index (χ4n) is 3.33. The van der Waals surface area contributed by atoms with Crippen LogP contribution in [0.1, 0.15) is 30.5 Å². The zero-order valence-corrected chi connectivity index (χ0v) is 21.4. The van der Waals surface area contributed by atoms with E-state index in [1.54, 1.807) is 25.1 Å². The van der Waals surface area contributed by atoms with Crippen molar-refractivity contribution in [3.05, 3.63) is 58.0 Å². The highest BCUT2D eigenvalue weighted by molar-refractivity contribution is 8.18. The van der Waals surface area contributed by atoms with Crippen molar-refractivity contribution >= 4 is 46.5 Å². The number of ether oxygens (including phenoxy) is 3. The summed E-state index contributed by atoms with van der Waals surface area (Å²) < 4.78 is 16.2. The van der Waals surface area contributed by atoms with Gasteiger partial charge < -0.3 is 19.5 Å². The van der Waals surface area contributed by atoms with Crippen LogP contribution in [0.3, 0.4) is 0 Å². The first-order valence-corrected chi connectivity index (χ1v) is 12.2. The molecule has 0 aromatic heterocycles. The number of nitrogens with zero attached hydrogens (tertiary/aromatic N) is 1. The molecule has 0 unspecified atom stereocenters. The maximum absolute atomic E-state index is 12.6. The lowest BCUT2D eigenvalue weighted by Gasteiger charge is -2.14. The lowest BCUT2D eigenvalue weighted by Crippen LogP contribution is -2.34. The molecule has 190 valence electrons. The molecular formula is C26H28N2O7S. The highest BCUT2D eigenvalue weighted by Crippen LogP contribution is 2.34. The molecule has 10 heteroatoms. The zero-order valence-electron chi connectivity index (χ0n) is 20.6. The minimum absolute atomic E-state index is 0.159. The van der Waals surface area contributed by atoms with Crippen molar-refractivity contribution in [2.45, 2.75) is 27.7 Å². The molecule has 0 radical (unpaired) electrons. The van der Waals surface area contributed by atoms with E-state index in [2.05, 4.69) is 5.32 Å². The quantitative estimate of drug-likeness (QED) is 0.370. The molecule has 2 aromatic carbocycles. The lowest BCUT2D eigenvalue weighted by atomic mass is 10.1. The Balaban J connectivity index is 1.70. The second kappa shape index (κ2) is 12.3. The first kappa shape index (κ1) is 26.8. The number of hydrogen-bond donors (Lipinski definition) is 1. The van der Waals surface area contributed by atoms with Crippen molar-refractivity contribution in [3.63, 3.8) is 0 Å². The maximum atomic E-state index is 12.6. The monoisotopic (exact) mass is 512 g/mol. The van der Waals surface area contributed by atoms with Crippen molar-refractivity contribution in [1.29, 1.82) is 0 Å². The molecule has 1 heterocycles. The second-order valence-electron chi connectivity index (χ2n) is 7.87. The number of nitrogens with one attached hydrogen (secondary N) is 1. The molecule has 1 aliphatic heterocycles. The summed E-state index contributed by atoms with van der Waals surface area (Å²) in [7, 11) is 0. The van der Waals surface area contributed by atoms with Gasteiger partial charge in [-0.05, 0) is 80.4 Å². The van der Waals surface area contributed by atoms with E-state index >= 15 is 0 Å². The Hall–Kier alpha value is -3.79. The van der Waals surface area contributed by atoms with E-state index in [0.29, 0.717) is 23.7 Å². The van der Waals surface area contributed by atoms with Gasteiger partial charge in [0.2, 0.25) is 0 Å². The van der Waals surface area contributed by atoms with Crippen molar-refractivity contribution in [1.82, 2.24) is 4.90 Å². The zero-order chi connectivity index (χ0) is 26.2. The van der Waals surface area contributed by atoms with Gasteiger partial charge >= 0.3 is 5.97 Å². The molecule has 9 nitrogen and oxygen atoms in total. The summed E-state index contributed by atoms with van der Waals surface area (Å²) in [6.45, 7) is 7.17. The van der Waals surface area contributed by atoms with Crippen LogP contribution in [0.5, 0.6) is 11.5 Å². The SMILES string of the molecule is CCOC(=O)CN1C(=O)S/C(=C\c2ccc(OCC(=O)Nc3cc(C)ccc3C)c(OCC)c2)C1=O. The second-order valence-corrected chi connectivity index (χ2v) is 8.86. The average Bonchev–Trinajstić information content (AvgIpc) is 3.08. The van der Waals surface area contributed by atoms with Crippen LogP contribution in [0, 0.1) is 13.8 Å². The molecule has 0 spiro atoms. The molecule has 36 heavy (non-hydrogen) atoms. The molecule has 3 amide bonds. The molecule has 2 aromatic rings. The number of esters is 1. The standard InChI is InChI=1S/C26H28N2O7S/c1-5-33-21-12-18(13-22-25(31)28(26(32)36-22)14-24(30)34-6-2)9-10-20(21)35-15-23(29)27-19-11-16(3)7-8-17(19)4/h7-13H,5-6,14-15H2,1-4H3,(H,27,29)/b22-13-. The Kier molecular flexibility index (Phi) is 9.13.